The van der Waals surface area contributed by atoms with Gasteiger partial charge < -0.3 is 14.7 Å². The highest BCUT2D eigenvalue weighted by Crippen LogP contribution is 2.25. The standard InChI is InChI=1S/C27H23N5O4/c1-16(33)29-24(13-17-15-28-21-9-4-2-7-18(17)21)27(35)32-31-26(34)20-14-23(25-11-6-12-36-25)30-22-10-5-3-8-19(20)22/h2-12,14-15,24,28H,13H2,1H3,(H,29,33)(H,31,34)(H,32,35)/t24-/m0/s1. The highest BCUT2D eigenvalue weighted by atomic mass is 16.3. The number of hydrazine groups is 1. The van der Waals surface area contributed by atoms with E-state index in [-0.39, 0.29) is 12.3 Å². The fourth-order valence-electron chi connectivity index (χ4n) is 4.16. The molecule has 1 atom stereocenters. The Kier molecular flexibility index (Phi) is 6.19. The molecule has 5 rings (SSSR count). The highest BCUT2D eigenvalue weighted by Gasteiger charge is 2.23. The van der Waals surface area contributed by atoms with Crippen molar-refractivity contribution in [1.82, 2.24) is 26.1 Å². The van der Waals surface area contributed by atoms with Crippen LogP contribution >= 0.6 is 0 Å². The number of nitrogens with one attached hydrogen (secondary N) is 4. The molecule has 5 aromatic rings. The molecule has 3 heterocycles. The van der Waals surface area contributed by atoms with E-state index in [9.17, 15) is 14.4 Å². The van der Waals surface area contributed by atoms with Crippen molar-refractivity contribution >= 4 is 39.5 Å². The van der Waals surface area contributed by atoms with E-state index in [0.717, 1.165) is 16.5 Å². The first-order chi connectivity index (χ1) is 17.5. The van der Waals surface area contributed by atoms with Crippen LogP contribution in [-0.2, 0) is 16.0 Å². The number of para-hydroxylation sites is 2. The van der Waals surface area contributed by atoms with Gasteiger partial charge in [0.25, 0.3) is 11.8 Å². The molecule has 2 aromatic carbocycles. The van der Waals surface area contributed by atoms with Gasteiger partial charge in [0.05, 0.1) is 17.3 Å². The summed E-state index contributed by atoms with van der Waals surface area (Å²) < 4.78 is 5.44. The quantitative estimate of drug-likeness (QED) is 0.276. The van der Waals surface area contributed by atoms with Crippen LogP contribution in [0.1, 0.15) is 22.8 Å². The average Bonchev–Trinajstić information content (AvgIpc) is 3.57. The van der Waals surface area contributed by atoms with Crippen molar-refractivity contribution in [1.29, 1.82) is 0 Å². The molecule has 0 saturated heterocycles. The molecule has 36 heavy (non-hydrogen) atoms. The molecule has 180 valence electrons. The summed E-state index contributed by atoms with van der Waals surface area (Å²) in [5, 5.41) is 4.24. The van der Waals surface area contributed by atoms with Crippen LogP contribution in [0, 0.1) is 0 Å². The smallest absolute Gasteiger partial charge is 0.270 e. The fraction of sp³-hybridized carbons (Fsp3) is 0.111. The van der Waals surface area contributed by atoms with E-state index in [1.165, 1.54) is 13.2 Å². The van der Waals surface area contributed by atoms with Crippen LogP contribution in [0.15, 0.2) is 83.6 Å². The zero-order valence-electron chi connectivity index (χ0n) is 19.4. The molecule has 4 N–H and O–H groups in total. The van der Waals surface area contributed by atoms with Gasteiger partial charge in [-0.05, 0) is 35.9 Å². The molecule has 9 heteroatoms. The summed E-state index contributed by atoms with van der Waals surface area (Å²) in [6.45, 7) is 1.34. The number of fused-ring (bicyclic) bond motifs is 2. The van der Waals surface area contributed by atoms with Gasteiger partial charge in [-0.15, -0.1) is 0 Å². The van der Waals surface area contributed by atoms with Gasteiger partial charge in [-0.1, -0.05) is 36.4 Å². The molecule has 0 radical (unpaired) electrons. The van der Waals surface area contributed by atoms with Gasteiger partial charge in [0.15, 0.2) is 5.76 Å². The molecule has 9 nitrogen and oxygen atoms in total. The molecule has 0 aliphatic rings. The Labute approximate surface area is 205 Å². The monoisotopic (exact) mass is 481 g/mol. The predicted octanol–water partition coefficient (Wildman–Crippen LogP) is 3.48. The Balaban J connectivity index is 1.36. The number of benzene rings is 2. The van der Waals surface area contributed by atoms with Gasteiger partial charge in [-0.3, -0.25) is 25.2 Å². The van der Waals surface area contributed by atoms with E-state index in [1.807, 2.05) is 36.5 Å². The molecule has 0 spiro atoms. The molecule has 3 amide bonds. The second-order valence-corrected chi connectivity index (χ2v) is 8.31. The van der Waals surface area contributed by atoms with Crippen LogP contribution in [-0.4, -0.2) is 33.7 Å². The van der Waals surface area contributed by atoms with Crippen molar-refractivity contribution in [2.24, 2.45) is 0 Å². The third kappa shape index (κ3) is 4.67. The number of carbonyl (C=O) groups excluding carboxylic acids is 3. The number of aromatic amines is 1. The summed E-state index contributed by atoms with van der Waals surface area (Å²) in [7, 11) is 0. The van der Waals surface area contributed by atoms with Crippen LogP contribution in [0.5, 0.6) is 0 Å². The SMILES string of the molecule is CC(=O)N[C@@H](Cc1c[nH]c2ccccc12)C(=O)NNC(=O)c1cc(-c2ccco2)nc2ccccc12. The second-order valence-electron chi connectivity index (χ2n) is 8.31. The van der Waals surface area contributed by atoms with Crippen molar-refractivity contribution in [3.05, 3.63) is 90.3 Å². The highest BCUT2D eigenvalue weighted by molar-refractivity contribution is 6.07. The van der Waals surface area contributed by atoms with Crippen molar-refractivity contribution in [3.63, 3.8) is 0 Å². The number of H-pyrrole nitrogens is 1. The summed E-state index contributed by atoms with van der Waals surface area (Å²) in [4.78, 5) is 45.7. The number of furan rings is 1. The second kappa shape index (κ2) is 9.75. The van der Waals surface area contributed by atoms with Crippen molar-refractivity contribution in [3.8, 4) is 11.5 Å². The Morgan fingerprint density at radius 1 is 0.972 bits per heavy atom. The Morgan fingerprint density at radius 2 is 1.75 bits per heavy atom. The van der Waals surface area contributed by atoms with Crippen molar-refractivity contribution < 1.29 is 18.8 Å². The lowest BCUT2D eigenvalue weighted by molar-refractivity contribution is -0.128. The maximum atomic E-state index is 13.1. The van der Waals surface area contributed by atoms with Crippen LogP contribution in [0.25, 0.3) is 33.3 Å². The molecular weight excluding hydrogens is 458 g/mol. The van der Waals surface area contributed by atoms with Gasteiger partial charge >= 0.3 is 0 Å². The number of rotatable bonds is 6. The number of carbonyl (C=O) groups is 3. The Hall–Kier alpha value is -4.92. The third-order valence-corrected chi connectivity index (χ3v) is 5.83. The summed E-state index contributed by atoms with van der Waals surface area (Å²) in [6.07, 6.45) is 3.58. The molecule has 0 saturated carbocycles. The van der Waals surface area contributed by atoms with Crippen LogP contribution in [0.3, 0.4) is 0 Å². The van der Waals surface area contributed by atoms with Gasteiger partial charge in [0, 0.05) is 35.8 Å². The summed E-state index contributed by atoms with van der Waals surface area (Å²) >= 11 is 0. The summed E-state index contributed by atoms with van der Waals surface area (Å²) in [6, 6.07) is 19.1. The number of hydrogen-bond donors (Lipinski definition) is 4. The maximum absolute atomic E-state index is 13.1. The van der Waals surface area contributed by atoms with Gasteiger partial charge in [0.2, 0.25) is 5.91 Å². The van der Waals surface area contributed by atoms with E-state index in [2.05, 4.69) is 26.1 Å². The minimum atomic E-state index is -0.894. The topological polar surface area (TPSA) is 129 Å². The third-order valence-electron chi connectivity index (χ3n) is 5.83. The summed E-state index contributed by atoms with van der Waals surface area (Å²) in [5.41, 5.74) is 8.16. The molecular formula is C27H23N5O4. The lowest BCUT2D eigenvalue weighted by Crippen LogP contribution is -2.52. The number of hydrogen-bond acceptors (Lipinski definition) is 5. The average molecular weight is 482 g/mol. The van der Waals surface area contributed by atoms with Crippen LogP contribution < -0.4 is 16.2 Å². The van der Waals surface area contributed by atoms with E-state index in [4.69, 9.17) is 4.42 Å². The zero-order chi connectivity index (χ0) is 25.1. The first-order valence-corrected chi connectivity index (χ1v) is 11.4. The van der Waals surface area contributed by atoms with Gasteiger partial charge in [0.1, 0.15) is 11.7 Å². The van der Waals surface area contributed by atoms with Crippen LogP contribution in [0.4, 0.5) is 0 Å². The van der Waals surface area contributed by atoms with Crippen molar-refractivity contribution in [2.45, 2.75) is 19.4 Å². The Bertz CT molecular complexity index is 1570. The number of pyridine rings is 1. The number of amides is 3. The largest absolute Gasteiger partial charge is 0.463 e. The fourth-order valence-corrected chi connectivity index (χ4v) is 4.16. The Morgan fingerprint density at radius 3 is 2.53 bits per heavy atom. The lowest BCUT2D eigenvalue weighted by atomic mass is 10.0. The van der Waals surface area contributed by atoms with E-state index >= 15 is 0 Å². The first-order valence-electron chi connectivity index (χ1n) is 11.4. The summed E-state index contributed by atoms with van der Waals surface area (Å²) in [5.74, 6) is -0.912. The number of nitrogens with zero attached hydrogens (tertiary/aromatic N) is 1. The molecule has 0 unspecified atom stereocenters. The van der Waals surface area contributed by atoms with E-state index < -0.39 is 17.9 Å². The zero-order valence-corrected chi connectivity index (χ0v) is 19.4. The number of aromatic nitrogens is 2. The van der Waals surface area contributed by atoms with Crippen molar-refractivity contribution in [2.75, 3.05) is 0 Å². The van der Waals surface area contributed by atoms with Gasteiger partial charge in [-0.25, -0.2) is 4.98 Å². The maximum Gasteiger partial charge on any atom is 0.270 e. The molecule has 0 aliphatic heterocycles. The minimum Gasteiger partial charge on any atom is -0.463 e. The molecule has 0 aliphatic carbocycles. The van der Waals surface area contributed by atoms with E-state index in [1.54, 1.807) is 36.4 Å². The molecule has 0 bridgehead atoms. The first kappa shape index (κ1) is 22.9. The molecule has 3 aromatic heterocycles. The minimum absolute atomic E-state index is 0.242. The molecule has 0 fully saturated rings. The van der Waals surface area contributed by atoms with E-state index in [0.29, 0.717) is 27.9 Å². The normalized spacial score (nSPS) is 11.8. The predicted molar refractivity (Wildman–Crippen MR) is 135 cm³/mol. The van der Waals surface area contributed by atoms with Gasteiger partial charge in [-0.2, -0.15) is 0 Å². The lowest BCUT2D eigenvalue weighted by Gasteiger charge is -2.18. The van der Waals surface area contributed by atoms with Crippen LogP contribution in [0.2, 0.25) is 0 Å².